The van der Waals surface area contributed by atoms with Crippen LogP contribution in [0.1, 0.15) is 35.0 Å². The fourth-order valence-electron chi connectivity index (χ4n) is 1.80. The van der Waals surface area contributed by atoms with Crippen molar-refractivity contribution in [2.45, 2.75) is 26.2 Å². The largest absolute Gasteiger partial charge is 0.338 e. The number of nitrogens with zero attached hydrogens (tertiary/aromatic N) is 1. The molecule has 0 spiro atoms. The molecule has 1 aliphatic rings. The van der Waals surface area contributed by atoms with Gasteiger partial charge in [-0.2, -0.15) is 0 Å². The summed E-state index contributed by atoms with van der Waals surface area (Å²) in [6.45, 7) is 3.99. The number of hydrogen-bond acceptors (Lipinski definition) is 2. The standard InChI is InChI=1S/C11H15NOS/c1-2-3-6-12-7-4-10-9(11(12)13)5-8-14-10/h5,8H,2-4,6-7H2,1H3. The maximum atomic E-state index is 11.9. The Morgan fingerprint density at radius 1 is 1.57 bits per heavy atom. The van der Waals surface area contributed by atoms with Crippen LogP contribution in [0.4, 0.5) is 0 Å². The Balaban J connectivity index is 2.09. The smallest absolute Gasteiger partial charge is 0.254 e. The van der Waals surface area contributed by atoms with Crippen LogP contribution in [0.25, 0.3) is 0 Å². The fraction of sp³-hybridized carbons (Fsp3) is 0.545. The van der Waals surface area contributed by atoms with Gasteiger partial charge in [0.15, 0.2) is 0 Å². The molecule has 2 heterocycles. The van der Waals surface area contributed by atoms with Gasteiger partial charge in [0.1, 0.15) is 0 Å². The maximum absolute atomic E-state index is 11.9. The molecule has 76 valence electrons. The summed E-state index contributed by atoms with van der Waals surface area (Å²) < 4.78 is 0. The second-order valence-corrected chi connectivity index (χ2v) is 4.65. The van der Waals surface area contributed by atoms with Gasteiger partial charge in [0.05, 0.1) is 5.56 Å². The number of unbranched alkanes of at least 4 members (excludes halogenated alkanes) is 1. The molecule has 0 fully saturated rings. The molecular formula is C11H15NOS. The van der Waals surface area contributed by atoms with E-state index in [1.165, 1.54) is 4.88 Å². The zero-order valence-electron chi connectivity index (χ0n) is 8.45. The van der Waals surface area contributed by atoms with Crippen molar-refractivity contribution in [1.29, 1.82) is 0 Å². The third-order valence-corrected chi connectivity index (χ3v) is 3.63. The Kier molecular flexibility index (Phi) is 2.87. The molecule has 2 nitrogen and oxygen atoms in total. The Morgan fingerprint density at radius 3 is 3.21 bits per heavy atom. The van der Waals surface area contributed by atoms with Gasteiger partial charge in [0.25, 0.3) is 5.91 Å². The van der Waals surface area contributed by atoms with E-state index in [4.69, 9.17) is 0 Å². The number of carbonyl (C=O) groups is 1. The van der Waals surface area contributed by atoms with Crippen molar-refractivity contribution in [3.63, 3.8) is 0 Å². The molecular weight excluding hydrogens is 194 g/mol. The average Bonchev–Trinajstić information content (AvgIpc) is 2.66. The van der Waals surface area contributed by atoms with Crippen LogP contribution in [-0.4, -0.2) is 23.9 Å². The van der Waals surface area contributed by atoms with Gasteiger partial charge >= 0.3 is 0 Å². The van der Waals surface area contributed by atoms with Crippen molar-refractivity contribution in [1.82, 2.24) is 4.90 Å². The van der Waals surface area contributed by atoms with Crippen LogP contribution in [0.15, 0.2) is 11.4 Å². The van der Waals surface area contributed by atoms with Crippen LogP contribution in [0.2, 0.25) is 0 Å². The van der Waals surface area contributed by atoms with Gasteiger partial charge in [0.2, 0.25) is 0 Å². The third kappa shape index (κ3) is 1.69. The van der Waals surface area contributed by atoms with Gasteiger partial charge < -0.3 is 4.90 Å². The monoisotopic (exact) mass is 209 g/mol. The van der Waals surface area contributed by atoms with E-state index >= 15 is 0 Å². The molecule has 0 saturated heterocycles. The first kappa shape index (κ1) is 9.71. The third-order valence-electron chi connectivity index (χ3n) is 2.65. The summed E-state index contributed by atoms with van der Waals surface area (Å²) in [6.07, 6.45) is 3.31. The molecule has 1 aromatic heterocycles. The van der Waals surface area contributed by atoms with E-state index in [0.717, 1.165) is 37.9 Å². The van der Waals surface area contributed by atoms with E-state index < -0.39 is 0 Å². The quantitative estimate of drug-likeness (QED) is 0.749. The molecule has 1 aliphatic heterocycles. The van der Waals surface area contributed by atoms with Crippen molar-refractivity contribution in [3.8, 4) is 0 Å². The summed E-state index contributed by atoms with van der Waals surface area (Å²) in [5, 5.41) is 2.02. The normalized spacial score (nSPS) is 15.8. The molecule has 14 heavy (non-hydrogen) atoms. The highest BCUT2D eigenvalue weighted by atomic mass is 32.1. The predicted octanol–water partition coefficient (Wildman–Crippen LogP) is 2.55. The molecule has 1 amide bonds. The number of carbonyl (C=O) groups excluding carboxylic acids is 1. The summed E-state index contributed by atoms with van der Waals surface area (Å²) in [4.78, 5) is 15.2. The Morgan fingerprint density at radius 2 is 2.43 bits per heavy atom. The molecule has 0 bridgehead atoms. The first-order chi connectivity index (χ1) is 6.83. The first-order valence-corrected chi connectivity index (χ1v) is 6.06. The lowest BCUT2D eigenvalue weighted by Gasteiger charge is -2.26. The van der Waals surface area contributed by atoms with Crippen molar-refractivity contribution in [2.75, 3.05) is 13.1 Å². The predicted molar refractivity (Wildman–Crippen MR) is 58.8 cm³/mol. The van der Waals surface area contributed by atoms with Gasteiger partial charge in [-0.15, -0.1) is 11.3 Å². The summed E-state index contributed by atoms with van der Waals surface area (Å²) in [5.41, 5.74) is 0.942. The van der Waals surface area contributed by atoms with Crippen molar-refractivity contribution in [2.24, 2.45) is 0 Å². The lowest BCUT2D eigenvalue weighted by molar-refractivity contribution is 0.0739. The molecule has 0 saturated carbocycles. The van der Waals surface area contributed by atoms with Gasteiger partial charge in [0, 0.05) is 24.4 Å². The van der Waals surface area contributed by atoms with Crippen LogP contribution in [0.5, 0.6) is 0 Å². The molecule has 0 N–H and O–H groups in total. The lowest BCUT2D eigenvalue weighted by atomic mass is 10.1. The van der Waals surface area contributed by atoms with Crippen LogP contribution in [0.3, 0.4) is 0 Å². The zero-order chi connectivity index (χ0) is 9.97. The molecule has 0 unspecified atom stereocenters. The topological polar surface area (TPSA) is 20.3 Å². The second kappa shape index (κ2) is 4.13. The van der Waals surface area contributed by atoms with Crippen LogP contribution in [-0.2, 0) is 6.42 Å². The van der Waals surface area contributed by atoms with Crippen LogP contribution >= 0.6 is 11.3 Å². The van der Waals surface area contributed by atoms with E-state index in [1.54, 1.807) is 11.3 Å². The highest BCUT2D eigenvalue weighted by Gasteiger charge is 2.24. The Hall–Kier alpha value is -0.830. The summed E-state index contributed by atoms with van der Waals surface area (Å²) >= 11 is 1.71. The fourth-order valence-corrected chi connectivity index (χ4v) is 2.66. The molecule has 3 heteroatoms. The average molecular weight is 209 g/mol. The van der Waals surface area contributed by atoms with E-state index in [2.05, 4.69) is 6.92 Å². The van der Waals surface area contributed by atoms with Gasteiger partial charge in [-0.3, -0.25) is 4.79 Å². The lowest BCUT2D eigenvalue weighted by Crippen LogP contribution is -2.37. The molecule has 0 aliphatic carbocycles. The van der Waals surface area contributed by atoms with Crippen molar-refractivity contribution in [3.05, 3.63) is 21.9 Å². The second-order valence-electron chi connectivity index (χ2n) is 3.65. The zero-order valence-corrected chi connectivity index (χ0v) is 9.27. The molecule has 0 aromatic carbocycles. The van der Waals surface area contributed by atoms with E-state index in [9.17, 15) is 4.79 Å². The van der Waals surface area contributed by atoms with Gasteiger partial charge in [-0.05, 0) is 17.9 Å². The number of hydrogen-bond donors (Lipinski definition) is 0. The SMILES string of the molecule is CCCCN1CCc2sccc2C1=O. The summed E-state index contributed by atoms with van der Waals surface area (Å²) in [7, 11) is 0. The molecule has 1 aromatic rings. The van der Waals surface area contributed by atoms with E-state index in [0.29, 0.717) is 0 Å². The minimum Gasteiger partial charge on any atom is -0.338 e. The van der Waals surface area contributed by atoms with Crippen LogP contribution in [0, 0.1) is 0 Å². The van der Waals surface area contributed by atoms with Crippen molar-refractivity contribution >= 4 is 17.2 Å². The Labute approximate surface area is 88.5 Å². The maximum Gasteiger partial charge on any atom is 0.254 e. The first-order valence-electron chi connectivity index (χ1n) is 5.18. The van der Waals surface area contributed by atoms with Crippen LogP contribution < -0.4 is 0 Å². The number of fused-ring (bicyclic) bond motifs is 1. The molecule has 0 radical (unpaired) electrons. The highest BCUT2D eigenvalue weighted by molar-refractivity contribution is 7.10. The summed E-state index contributed by atoms with van der Waals surface area (Å²) in [6, 6.07) is 1.96. The minimum absolute atomic E-state index is 0.237. The van der Waals surface area contributed by atoms with E-state index in [-0.39, 0.29) is 5.91 Å². The number of rotatable bonds is 3. The Bertz CT molecular complexity index is 332. The van der Waals surface area contributed by atoms with Crippen molar-refractivity contribution < 1.29 is 4.79 Å². The summed E-state index contributed by atoms with van der Waals surface area (Å²) in [5.74, 6) is 0.237. The number of amides is 1. The number of thiophene rings is 1. The minimum atomic E-state index is 0.237. The van der Waals surface area contributed by atoms with Gasteiger partial charge in [-0.25, -0.2) is 0 Å². The highest BCUT2D eigenvalue weighted by Crippen LogP contribution is 2.23. The molecule has 0 atom stereocenters. The van der Waals surface area contributed by atoms with Gasteiger partial charge in [-0.1, -0.05) is 13.3 Å². The van der Waals surface area contributed by atoms with E-state index in [1.807, 2.05) is 16.3 Å². The molecule has 2 rings (SSSR count).